The predicted molar refractivity (Wildman–Crippen MR) is 78.5 cm³/mol. The van der Waals surface area contributed by atoms with E-state index in [-0.39, 0.29) is 24.5 Å². The van der Waals surface area contributed by atoms with Crippen LogP contribution >= 0.6 is 0 Å². The topological polar surface area (TPSA) is 58.6 Å². The second-order valence-electron chi connectivity index (χ2n) is 4.78. The van der Waals surface area contributed by atoms with Gasteiger partial charge in [-0.05, 0) is 31.4 Å². The standard InChI is InChI=1S/C16H18N2O3/c1-2-6-15(19)17-13-9-10-18(11-13)16(20)12-21-14-7-4-3-5-8-14/h3-5,7-8,13H,9-12H2,1H3,(H,17,19). The van der Waals surface area contributed by atoms with E-state index >= 15 is 0 Å². The second-order valence-corrected chi connectivity index (χ2v) is 4.78. The van der Waals surface area contributed by atoms with E-state index in [0.717, 1.165) is 6.42 Å². The van der Waals surface area contributed by atoms with Crippen LogP contribution in [0.5, 0.6) is 5.75 Å². The summed E-state index contributed by atoms with van der Waals surface area (Å²) >= 11 is 0. The van der Waals surface area contributed by atoms with Crippen molar-refractivity contribution in [2.24, 2.45) is 0 Å². The number of hydrogen-bond donors (Lipinski definition) is 1. The number of ether oxygens (including phenoxy) is 1. The second kappa shape index (κ2) is 7.34. The lowest BCUT2D eigenvalue weighted by atomic mass is 10.2. The largest absolute Gasteiger partial charge is 0.484 e. The minimum Gasteiger partial charge on any atom is -0.484 e. The Hall–Kier alpha value is -2.48. The highest BCUT2D eigenvalue weighted by Gasteiger charge is 2.27. The Morgan fingerprint density at radius 2 is 2.14 bits per heavy atom. The third-order valence-electron chi connectivity index (χ3n) is 3.22. The third-order valence-corrected chi connectivity index (χ3v) is 3.22. The van der Waals surface area contributed by atoms with Gasteiger partial charge in [0, 0.05) is 19.1 Å². The Kier molecular flexibility index (Phi) is 5.22. The molecule has 1 fully saturated rings. The van der Waals surface area contributed by atoms with Crippen LogP contribution in [0, 0.1) is 11.8 Å². The van der Waals surface area contributed by atoms with Crippen LogP contribution in [-0.2, 0) is 9.59 Å². The highest BCUT2D eigenvalue weighted by atomic mass is 16.5. The zero-order valence-corrected chi connectivity index (χ0v) is 12.0. The molecule has 1 aromatic rings. The Labute approximate surface area is 124 Å². The van der Waals surface area contributed by atoms with Crippen molar-refractivity contribution >= 4 is 11.8 Å². The summed E-state index contributed by atoms with van der Waals surface area (Å²) in [4.78, 5) is 25.1. The Morgan fingerprint density at radius 1 is 1.38 bits per heavy atom. The van der Waals surface area contributed by atoms with Gasteiger partial charge in [-0.2, -0.15) is 0 Å². The molecule has 1 saturated heterocycles. The van der Waals surface area contributed by atoms with Crippen molar-refractivity contribution in [1.82, 2.24) is 10.2 Å². The van der Waals surface area contributed by atoms with E-state index < -0.39 is 0 Å². The Bertz CT molecular complexity index is 560. The van der Waals surface area contributed by atoms with Crippen LogP contribution in [0.15, 0.2) is 30.3 Å². The number of nitrogens with zero attached hydrogens (tertiary/aromatic N) is 1. The Morgan fingerprint density at radius 3 is 2.86 bits per heavy atom. The zero-order valence-electron chi connectivity index (χ0n) is 12.0. The van der Waals surface area contributed by atoms with Crippen molar-refractivity contribution in [3.63, 3.8) is 0 Å². The lowest BCUT2D eigenvalue weighted by Crippen LogP contribution is -2.39. The maximum Gasteiger partial charge on any atom is 0.296 e. The number of hydrogen-bond acceptors (Lipinski definition) is 3. The number of nitrogens with one attached hydrogen (secondary N) is 1. The van der Waals surface area contributed by atoms with Crippen molar-refractivity contribution in [3.05, 3.63) is 30.3 Å². The third kappa shape index (κ3) is 4.53. The molecule has 0 spiro atoms. The molecule has 0 aromatic heterocycles. The lowest BCUT2D eigenvalue weighted by molar-refractivity contribution is -0.132. The van der Waals surface area contributed by atoms with Crippen LogP contribution in [0.2, 0.25) is 0 Å². The zero-order chi connectivity index (χ0) is 15.1. The van der Waals surface area contributed by atoms with Crippen LogP contribution in [0.3, 0.4) is 0 Å². The molecule has 1 aliphatic heterocycles. The van der Waals surface area contributed by atoms with Gasteiger partial charge in [0.2, 0.25) is 0 Å². The molecule has 0 saturated carbocycles. The molecule has 1 aliphatic rings. The summed E-state index contributed by atoms with van der Waals surface area (Å²) in [5.41, 5.74) is 0. The van der Waals surface area contributed by atoms with Gasteiger partial charge in [0.15, 0.2) is 6.61 Å². The summed E-state index contributed by atoms with van der Waals surface area (Å²) in [5.74, 6) is 5.29. The van der Waals surface area contributed by atoms with E-state index in [2.05, 4.69) is 17.2 Å². The van der Waals surface area contributed by atoms with E-state index in [0.29, 0.717) is 18.8 Å². The van der Waals surface area contributed by atoms with Crippen molar-refractivity contribution in [1.29, 1.82) is 0 Å². The molecule has 1 aromatic carbocycles. The molecule has 5 nitrogen and oxygen atoms in total. The average molecular weight is 286 g/mol. The van der Waals surface area contributed by atoms with Crippen LogP contribution < -0.4 is 10.1 Å². The number of likely N-dealkylation sites (tertiary alicyclic amines) is 1. The van der Waals surface area contributed by atoms with Crippen LogP contribution in [0.4, 0.5) is 0 Å². The molecule has 0 bridgehead atoms. The normalized spacial score (nSPS) is 16.8. The van der Waals surface area contributed by atoms with Gasteiger partial charge >= 0.3 is 0 Å². The monoisotopic (exact) mass is 286 g/mol. The SMILES string of the molecule is CC#CC(=O)NC1CCN(C(=O)COc2ccccc2)C1. The van der Waals surface area contributed by atoms with Crippen LogP contribution in [0.1, 0.15) is 13.3 Å². The molecule has 1 unspecified atom stereocenters. The fourth-order valence-corrected chi connectivity index (χ4v) is 2.19. The summed E-state index contributed by atoms with van der Waals surface area (Å²) in [6, 6.07) is 9.19. The van der Waals surface area contributed by atoms with Gasteiger partial charge in [0.05, 0.1) is 0 Å². The molecule has 0 radical (unpaired) electrons. The maximum absolute atomic E-state index is 12.0. The van der Waals surface area contributed by atoms with Gasteiger partial charge in [0.25, 0.3) is 11.8 Å². The molecule has 0 aliphatic carbocycles. The highest BCUT2D eigenvalue weighted by molar-refractivity contribution is 5.93. The van der Waals surface area contributed by atoms with E-state index in [4.69, 9.17) is 4.74 Å². The van der Waals surface area contributed by atoms with Gasteiger partial charge < -0.3 is 15.0 Å². The number of carbonyl (C=O) groups is 2. The number of para-hydroxylation sites is 1. The summed E-state index contributed by atoms with van der Waals surface area (Å²) < 4.78 is 5.43. The molecule has 110 valence electrons. The molecule has 2 amide bonds. The van der Waals surface area contributed by atoms with Gasteiger partial charge in [-0.1, -0.05) is 24.1 Å². The van der Waals surface area contributed by atoms with E-state index in [1.165, 1.54) is 0 Å². The van der Waals surface area contributed by atoms with Gasteiger partial charge in [-0.25, -0.2) is 0 Å². The lowest BCUT2D eigenvalue weighted by Gasteiger charge is -2.17. The summed E-state index contributed by atoms with van der Waals surface area (Å²) in [7, 11) is 0. The first-order valence-corrected chi connectivity index (χ1v) is 6.88. The summed E-state index contributed by atoms with van der Waals surface area (Å²) in [6.45, 7) is 2.76. The molecule has 1 N–H and O–H groups in total. The molecule has 2 rings (SSSR count). The first-order chi connectivity index (χ1) is 10.2. The number of amides is 2. The molecular formula is C16H18N2O3. The highest BCUT2D eigenvalue weighted by Crippen LogP contribution is 2.11. The summed E-state index contributed by atoms with van der Waals surface area (Å²) in [5, 5.41) is 2.79. The van der Waals surface area contributed by atoms with Crippen LogP contribution in [0.25, 0.3) is 0 Å². The number of rotatable bonds is 4. The molecular weight excluding hydrogens is 268 g/mol. The fraction of sp³-hybridized carbons (Fsp3) is 0.375. The quantitative estimate of drug-likeness (QED) is 0.833. The maximum atomic E-state index is 12.0. The Balaban J connectivity index is 1.76. The van der Waals surface area contributed by atoms with Crippen molar-refractivity contribution < 1.29 is 14.3 Å². The first-order valence-electron chi connectivity index (χ1n) is 6.88. The van der Waals surface area contributed by atoms with Gasteiger partial charge in [-0.3, -0.25) is 9.59 Å². The van der Waals surface area contributed by atoms with Crippen molar-refractivity contribution in [2.75, 3.05) is 19.7 Å². The van der Waals surface area contributed by atoms with E-state index in [9.17, 15) is 9.59 Å². The molecule has 5 heteroatoms. The average Bonchev–Trinajstić information content (AvgIpc) is 2.94. The number of carbonyl (C=O) groups excluding carboxylic acids is 2. The van der Waals surface area contributed by atoms with Gasteiger partial charge in [-0.15, -0.1) is 0 Å². The summed E-state index contributed by atoms with van der Waals surface area (Å²) in [6.07, 6.45) is 0.744. The van der Waals surface area contributed by atoms with E-state index in [1.54, 1.807) is 11.8 Å². The van der Waals surface area contributed by atoms with Crippen molar-refractivity contribution in [3.8, 4) is 17.6 Å². The minimum absolute atomic E-state index is 0.0133. The minimum atomic E-state index is -0.294. The fourth-order valence-electron chi connectivity index (χ4n) is 2.19. The predicted octanol–water partition coefficient (Wildman–Crippen LogP) is 0.806. The molecule has 1 heterocycles. The molecule has 1 atom stereocenters. The number of benzene rings is 1. The smallest absolute Gasteiger partial charge is 0.296 e. The first kappa shape index (κ1) is 14.9. The van der Waals surface area contributed by atoms with Crippen LogP contribution in [-0.4, -0.2) is 42.5 Å². The van der Waals surface area contributed by atoms with E-state index in [1.807, 2.05) is 30.3 Å². The van der Waals surface area contributed by atoms with Gasteiger partial charge in [0.1, 0.15) is 5.75 Å². The van der Waals surface area contributed by atoms with Crippen molar-refractivity contribution in [2.45, 2.75) is 19.4 Å². The molecule has 21 heavy (non-hydrogen) atoms.